The minimum atomic E-state index is 0.498. The number of piperidine rings is 1. The van der Waals surface area contributed by atoms with Gasteiger partial charge in [0.1, 0.15) is 0 Å². The fourth-order valence-electron chi connectivity index (χ4n) is 3.01. The van der Waals surface area contributed by atoms with Crippen LogP contribution in [0.1, 0.15) is 46.5 Å². The molecule has 2 heteroatoms. The summed E-state index contributed by atoms with van der Waals surface area (Å²) in [5, 5.41) is 3.62. The van der Waals surface area contributed by atoms with Crippen molar-refractivity contribution in [2.75, 3.05) is 13.1 Å². The van der Waals surface area contributed by atoms with Gasteiger partial charge in [-0.15, -0.1) is 0 Å². The van der Waals surface area contributed by atoms with Gasteiger partial charge in [0.15, 0.2) is 0 Å². The molecule has 84 valence electrons. The predicted molar refractivity (Wildman–Crippen MR) is 62.3 cm³/mol. The summed E-state index contributed by atoms with van der Waals surface area (Å²) in [6.07, 6.45) is 5.16. The molecule has 0 aromatic heterocycles. The molecule has 0 spiro atoms. The van der Waals surface area contributed by atoms with Crippen LogP contribution in [0.2, 0.25) is 0 Å². The molecule has 2 nitrogen and oxygen atoms in total. The Kier molecular flexibility index (Phi) is 4.39. The largest absolute Gasteiger partial charge is 0.330 e. The molecule has 0 aliphatic carbocycles. The molecule has 2 unspecified atom stereocenters. The Bertz CT molecular complexity index is 168. The van der Waals surface area contributed by atoms with E-state index >= 15 is 0 Å². The lowest BCUT2D eigenvalue weighted by atomic mass is 9.64. The Hall–Kier alpha value is -0.0800. The summed E-state index contributed by atoms with van der Waals surface area (Å²) in [6, 6.07) is 0.655. The molecule has 0 amide bonds. The number of nitrogens with two attached hydrogens (primary N) is 1. The average Bonchev–Trinajstić information content (AvgIpc) is 2.16. The zero-order valence-electron chi connectivity index (χ0n) is 9.97. The summed E-state index contributed by atoms with van der Waals surface area (Å²) in [5.74, 6) is 0.761. The summed E-state index contributed by atoms with van der Waals surface area (Å²) >= 11 is 0. The third kappa shape index (κ3) is 2.29. The van der Waals surface area contributed by atoms with E-state index in [1.54, 1.807) is 0 Å². The van der Waals surface area contributed by atoms with Crippen molar-refractivity contribution in [3.63, 3.8) is 0 Å². The van der Waals surface area contributed by atoms with Gasteiger partial charge in [-0.25, -0.2) is 0 Å². The van der Waals surface area contributed by atoms with Gasteiger partial charge in [-0.05, 0) is 57.0 Å². The second-order valence-corrected chi connectivity index (χ2v) is 5.06. The highest BCUT2D eigenvalue weighted by atomic mass is 14.9. The SMILES string of the molecule is CC(C)C1(CCCN)CCCNC1C. The van der Waals surface area contributed by atoms with Crippen LogP contribution in [0.3, 0.4) is 0 Å². The maximum Gasteiger partial charge on any atom is 0.00976 e. The van der Waals surface area contributed by atoms with E-state index in [1.807, 2.05) is 0 Å². The summed E-state index contributed by atoms with van der Waals surface area (Å²) < 4.78 is 0. The summed E-state index contributed by atoms with van der Waals surface area (Å²) in [4.78, 5) is 0. The molecule has 0 saturated carbocycles. The minimum Gasteiger partial charge on any atom is -0.330 e. The third-order valence-corrected chi connectivity index (χ3v) is 4.13. The van der Waals surface area contributed by atoms with E-state index in [4.69, 9.17) is 5.73 Å². The topological polar surface area (TPSA) is 38.0 Å². The van der Waals surface area contributed by atoms with Crippen molar-refractivity contribution in [1.82, 2.24) is 5.32 Å². The van der Waals surface area contributed by atoms with E-state index in [0.29, 0.717) is 11.5 Å². The molecule has 1 saturated heterocycles. The third-order valence-electron chi connectivity index (χ3n) is 4.13. The van der Waals surface area contributed by atoms with E-state index in [-0.39, 0.29) is 0 Å². The van der Waals surface area contributed by atoms with E-state index in [2.05, 4.69) is 26.1 Å². The Labute approximate surface area is 88.6 Å². The molecule has 0 aromatic carbocycles. The standard InChI is InChI=1S/C12H26N2/c1-10(2)12(6-4-8-13)7-5-9-14-11(12)3/h10-11,14H,4-9,13H2,1-3H3. The molecule has 1 fully saturated rings. The monoisotopic (exact) mass is 198 g/mol. The maximum atomic E-state index is 5.63. The number of rotatable bonds is 4. The van der Waals surface area contributed by atoms with Crippen LogP contribution < -0.4 is 11.1 Å². The highest BCUT2D eigenvalue weighted by Gasteiger charge is 2.39. The molecule has 1 rings (SSSR count). The second kappa shape index (κ2) is 5.13. The summed E-state index contributed by atoms with van der Waals surface area (Å²) in [5.41, 5.74) is 6.13. The molecule has 3 N–H and O–H groups in total. The fourth-order valence-corrected chi connectivity index (χ4v) is 3.01. The lowest BCUT2D eigenvalue weighted by Crippen LogP contribution is -2.51. The normalized spacial score (nSPS) is 33.6. The molecule has 1 aliphatic rings. The van der Waals surface area contributed by atoms with Gasteiger partial charge in [0.05, 0.1) is 0 Å². The second-order valence-electron chi connectivity index (χ2n) is 5.06. The van der Waals surface area contributed by atoms with Crippen molar-refractivity contribution in [3.8, 4) is 0 Å². The average molecular weight is 198 g/mol. The van der Waals surface area contributed by atoms with Crippen molar-refractivity contribution < 1.29 is 0 Å². The van der Waals surface area contributed by atoms with Crippen LogP contribution in [0.25, 0.3) is 0 Å². The first-order chi connectivity index (χ1) is 6.63. The van der Waals surface area contributed by atoms with E-state index in [0.717, 1.165) is 12.5 Å². The molecular weight excluding hydrogens is 172 g/mol. The van der Waals surface area contributed by atoms with Gasteiger partial charge in [0, 0.05) is 6.04 Å². The predicted octanol–water partition coefficient (Wildman–Crippen LogP) is 2.14. The Morgan fingerprint density at radius 2 is 2.21 bits per heavy atom. The number of hydrogen-bond acceptors (Lipinski definition) is 2. The van der Waals surface area contributed by atoms with Crippen LogP contribution in [0.15, 0.2) is 0 Å². The van der Waals surface area contributed by atoms with Gasteiger partial charge in [-0.2, -0.15) is 0 Å². The number of nitrogens with one attached hydrogen (secondary N) is 1. The lowest BCUT2D eigenvalue weighted by molar-refractivity contribution is 0.0706. The summed E-state index contributed by atoms with van der Waals surface area (Å²) in [6.45, 7) is 9.09. The molecule has 1 heterocycles. The van der Waals surface area contributed by atoms with Gasteiger partial charge >= 0.3 is 0 Å². The fraction of sp³-hybridized carbons (Fsp3) is 1.00. The van der Waals surface area contributed by atoms with Gasteiger partial charge in [0.25, 0.3) is 0 Å². The molecule has 14 heavy (non-hydrogen) atoms. The van der Waals surface area contributed by atoms with Gasteiger partial charge < -0.3 is 11.1 Å². The van der Waals surface area contributed by atoms with Crippen LogP contribution in [0.4, 0.5) is 0 Å². The maximum absolute atomic E-state index is 5.63. The first-order valence-corrected chi connectivity index (χ1v) is 6.07. The van der Waals surface area contributed by atoms with Crippen molar-refractivity contribution in [2.45, 2.75) is 52.5 Å². The van der Waals surface area contributed by atoms with Crippen LogP contribution in [0.5, 0.6) is 0 Å². The van der Waals surface area contributed by atoms with Crippen molar-refractivity contribution in [3.05, 3.63) is 0 Å². The van der Waals surface area contributed by atoms with Gasteiger partial charge in [-0.3, -0.25) is 0 Å². The molecule has 0 aromatic rings. The van der Waals surface area contributed by atoms with Crippen LogP contribution >= 0.6 is 0 Å². The Morgan fingerprint density at radius 3 is 2.71 bits per heavy atom. The summed E-state index contributed by atoms with van der Waals surface area (Å²) in [7, 11) is 0. The first kappa shape index (κ1) is 12.0. The van der Waals surface area contributed by atoms with E-state index in [9.17, 15) is 0 Å². The van der Waals surface area contributed by atoms with Crippen LogP contribution in [0, 0.1) is 11.3 Å². The molecule has 1 aliphatic heterocycles. The molecule has 0 bridgehead atoms. The van der Waals surface area contributed by atoms with E-state index in [1.165, 1.54) is 32.2 Å². The highest BCUT2D eigenvalue weighted by Crippen LogP contribution is 2.42. The van der Waals surface area contributed by atoms with Crippen molar-refractivity contribution in [1.29, 1.82) is 0 Å². The van der Waals surface area contributed by atoms with Crippen molar-refractivity contribution in [2.24, 2.45) is 17.1 Å². The Balaban J connectivity index is 2.67. The molecule has 0 radical (unpaired) electrons. The number of hydrogen-bond donors (Lipinski definition) is 2. The first-order valence-electron chi connectivity index (χ1n) is 6.07. The van der Waals surface area contributed by atoms with Crippen molar-refractivity contribution >= 4 is 0 Å². The smallest absolute Gasteiger partial charge is 0.00976 e. The Morgan fingerprint density at radius 1 is 1.50 bits per heavy atom. The van der Waals surface area contributed by atoms with Crippen LogP contribution in [-0.4, -0.2) is 19.1 Å². The lowest BCUT2D eigenvalue weighted by Gasteiger charge is -2.47. The van der Waals surface area contributed by atoms with Gasteiger partial charge in [-0.1, -0.05) is 13.8 Å². The van der Waals surface area contributed by atoms with Gasteiger partial charge in [0.2, 0.25) is 0 Å². The zero-order chi connectivity index (χ0) is 10.6. The molecule has 2 atom stereocenters. The minimum absolute atomic E-state index is 0.498. The highest BCUT2D eigenvalue weighted by molar-refractivity contribution is 4.94. The van der Waals surface area contributed by atoms with E-state index < -0.39 is 0 Å². The molecular formula is C12H26N2. The van der Waals surface area contributed by atoms with Crippen LogP contribution in [-0.2, 0) is 0 Å². The quantitative estimate of drug-likeness (QED) is 0.726. The zero-order valence-corrected chi connectivity index (χ0v) is 9.97.